The van der Waals surface area contributed by atoms with E-state index < -0.39 is 23.4 Å². The normalized spacial score (nSPS) is 13.7. The lowest BCUT2D eigenvalue weighted by molar-refractivity contribution is -0.137. The van der Waals surface area contributed by atoms with Gasteiger partial charge in [-0.15, -0.1) is 0 Å². The lowest BCUT2D eigenvalue weighted by Gasteiger charge is -2.28. The zero-order valence-corrected chi connectivity index (χ0v) is 21.1. The van der Waals surface area contributed by atoms with Gasteiger partial charge in [0.2, 0.25) is 5.95 Å². The molecule has 1 saturated heterocycles. The summed E-state index contributed by atoms with van der Waals surface area (Å²) in [5.74, 6) is -1.50. The largest absolute Gasteiger partial charge is 0.416 e. The average Bonchev–Trinajstić information content (AvgIpc) is 2.95. The predicted octanol–water partition coefficient (Wildman–Crippen LogP) is 6.71. The summed E-state index contributed by atoms with van der Waals surface area (Å²) in [5.41, 5.74) is 1.85. The topological polar surface area (TPSA) is 74.3 Å². The van der Waals surface area contributed by atoms with Crippen LogP contribution in [0.15, 0.2) is 72.9 Å². The first-order valence-electron chi connectivity index (χ1n) is 12.4. The van der Waals surface area contributed by atoms with E-state index in [9.17, 15) is 22.0 Å². The van der Waals surface area contributed by atoms with Gasteiger partial charge < -0.3 is 25.6 Å². The number of benzene rings is 3. The summed E-state index contributed by atoms with van der Waals surface area (Å²) in [4.78, 5) is 10.5. The highest BCUT2D eigenvalue weighted by molar-refractivity contribution is 5.65. The van der Waals surface area contributed by atoms with Crippen molar-refractivity contribution in [1.82, 2.24) is 9.97 Å². The summed E-state index contributed by atoms with van der Waals surface area (Å²) in [7, 11) is 0. The number of ether oxygens (including phenoxy) is 1. The molecule has 0 saturated carbocycles. The van der Waals surface area contributed by atoms with Gasteiger partial charge in [0.1, 0.15) is 5.82 Å². The Bertz CT molecular complexity index is 1460. The van der Waals surface area contributed by atoms with E-state index in [1.807, 2.05) is 24.3 Å². The van der Waals surface area contributed by atoms with Crippen molar-refractivity contribution in [3.05, 3.63) is 95.7 Å². The molecule has 1 aliphatic rings. The van der Waals surface area contributed by atoms with Crippen LogP contribution in [0.5, 0.6) is 0 Å². The molecular formula is C28H25F5N6O. The summed E-state index contributed by atoms with van der Waals surface area (Å²) in [6, 6.07) is 16.8. The van der Waals surface area contributed by atoms with Gasteiger partial charge in [0.15, 0.2) is 11.6 Å². The second-order valence-corrected chi connectivity index (χ2v) is 9.02. The maximum absolute atomic E-state index is 14.5. The maximum atomic E-state index is 14.5. The van der Waals surface area contributed by atoms with Gasteiger partial charge in [-0.1, -0.05) is 12.1 Å². The Morgan fingerprint density at radius 1 is 0.825 bits per heavy atom. The Labute approximate surface area is 227 Å². The van der Waals surface area contributed by atoms with Gasteiger partial charge >= 0.3 is 6.18 Å². The molecule has 0 unspecified atom stereocenters. The van der Waals surface area contributed by atoms with Crippen LogP contribution in [0.2, 0.25) is 0 Å². The molecule has 40 heavy (non-hydrogen) atoms. The molecule has 0 aliphatic carbocycles. The SMILES string of the molecule is Fc1cc(C(F)(F)F)ccc1CNc1cccc(Nc2nc(Nc3ccc(N4CCOCC4)cc3)ncc2F)c1. The summed E-state index contributed by atoms with van der Waals surface area (Å²) in [6.45, 7) is 2.98. The minimum Gasteiger partial charge on any atom is -0.381 e. The van der Waals surface area contributed by atoms with Crippen LogP contribution in [0.4, 0.5) is 56.5 Å². The van der Waals surface area contributed by atoms with Gasteiger partial charge in [0.25, 0.3) is 0 Å². The zero-order valence-electron chi connectivity index (χ0n) is 21.1. The Morgan fingerprint density at radius 2 is 1.57 bits per heavy atom. The number of hydrogen-bond donors (Lipinski definition) is 3. The van der Waals surface area contributed by atoms with Crippen LogP contribution in [-0.2, 0) is 17.5 Å². The van der Waals surface area contributed by atoms with Crippen LogP contribution in [0.1, 0.15) is 11.1 Å². The zero-order chi connectivity index (χ0) is 28.1. The lowest BCUT2D eigenvalue weighted by atomic mass is 10.1. The molecule has 0 radical (unpaired) electrons. The molecule has 3 N–H and O–H groups in total. The maximum Gasteiger partial charge on any atom is 0.416 e. The number of anilines is 6. The molecule has 0 amide bonds. The monoisotopic (exact) mass is 556 g/mol. The van der Waals surface area contributed by atoms with Crippen LogP contribution >= 0.6 is 0 Å². The fourth-order valence-corrected chi connectivity index (χ4v) is 4.13. The number of morpholine rings is 1. The first-order chi connectivity index (χ1) is 19.2. The Kier molecular flexibility index (Phi) is 7.96. The third kappa shape index (κ3) is 6.75. The van der Waals surface area contributed by atoms with Gasteiger partial charge in [-0.2, -0.15) is 18.2 Å². The van der Waals surface area contributed by atoms with Crippen molar-refractivity contribution in [3.8, 4) is 0 Å². The van der Waals surface area contributed by atoms with E-state index in [-0.39, 0.29) is 23.9 Å². The molecule has 1 fully saturated rings. The van der Waals surface area contributed by atoms with E-state index in [4.69, 9.17) is 4.74 Å². The standard InChI is InChI=1S/C28H25F5N6O/c29-24-14-19(28(31,32)33)5-4-18(24)16-34-21-2-1-3-22(15-21)36-26-25(30)17-35-27(38-26)37-20-6-8-23(9-7-20)39-10-12-40-13-11-39/h1-9,14-15,17,34H,10-13,16H2,(H2,35,36,37,38). The molecule has 4 aromatic rings. The number of rotatable bonds is 8. The van der Waals surface area contributed by atoms with Crippen LogP contribution in [0.3, 0.4) is 0 Å². The van der Waals surface area contributed by atoms with Crippen LogP contribution < -0.4 is 20.9 Å². The molecule has 0 atom stereocenters. The van der Waals surface area contributed by atoms with Crippen LogP contribution in [-0.4, -0.2) is 36.3 Å². The minimum absolute atomic E-state index is 0.0479. The van der Waals surface area contributed by atoms with Crippen molar-refractivity contribution in [1.29, 1.82) is 0 Å². The highest BCUT2D eigenvalue weighted by Crippen LogP contribution is 2.30. The molecule has 1 aromatic heterocycles. The lowest BCUT2D eigenvalue weighted by Crippen LogP contribution is -2.36. The molecular weight excluding hydrogens is 531 g/mol. The van der Waals surface area contributed by atoms with Gasteiger partial charge in [-0.05, 0) is 54.6 Å². The smallest absolute Gasteiger partial charge is 0.381 e. The fraction of sp³-hybridized carbons (Fsp3) is 0.214. The molecule has 12 heteroatoms. The number of hydrogen-bond acceptors (Lipinski definition) is 7. The van der Waals surface area contributed by atoms with Gasteiger partial charge in [0.05, 0.1) is 25.0 Å². The van der Waals surface area contributed by atoms with E-state index in [1.165, 1.54) is 0 Å². The first-order valence-corrected chi connectivity index (χ1v) is 12.4. The van der Waals surface area contributed by atoms with E-state index in [1.54, 1.807) is 24.3 Å². The Hall–Kier alpha value is -4.45. The number of nitrogens with one attached hydrogen (secondary N) is 3. The minimum atomic E-state index is -4.62. The summed E-state index contributed by atoms with van der Waals surface area (Å²) in [6.07, 6.45) is -3.57. The number of halogens is 5. The van der Waals surface area contributed by atoms with Crippen molar-refractivity contribution >= 4 is 34.5 Å². The van der Waals surface area contributed by atoms with Crippen molar-refractivity contribution in [2.45, 2.75) is 12.7 Å². The number of aromatic nitrogens is 2. The molecule has 5 rings (SSSR count). The van der Waals surface area contributed by atoms with Gasteiger partial charge in [-0.3, -0.25) is 0 Å². The van der Waals surface area contributed by atoms with Crippen molar-refractivity contribution in [2.24, 2.45) is 0 Å². The Morgan fingerprint density at radius 3 is 2.30 bits per heavy atom. The summed E-state index contributed by atoms with van der Waals surface area (Å²) < 4.78 is 72.4. The molecule has 2 heterocycles. The third-order valence-corrected chi connectivity index (χ3v) is 6.23. The van der Waals surface area contributed by atoms with E-state index in [0.717, 1.165) is 42.8 Å². The first kappa shape index (κ1) is 27.1. The molecule has 1 aliphatic heterocycles. The van der Waals surface area contributed by atoms with Crippen LogP contribution in [0, 0.1) is 11.6 Å². The Balaban J connectivity index is 1.23. The van der Waals surface area contributed by atoms with E-state index in [2.05, 4.69) is 30.8 Å². The average molecular weight is 557 g/mol. The van der Waals surface area contributed by atoms with Crippen molar-refractivity contribution in [3.63, 3.8) is 0 Å². The quantitative estimate of drug-likeness (QED) is 0.208. The van der Waals surface area contributed by atoms with Gasteiger partial charge in [-0.25, -0.2) is 13.8 Å². The summed E-state index contributed by atoms with van der Waals surface area (Å²) in [5, 5.41) is 8.93. The second kappa shape index (κ2) is 11.7. The van der Waals surface area contributed by atoms with Crippen molar-refractivity contribution < 1.29 is 26.7 Å². The van der Waals surface area contributed by atoms with Gasteiger partial charge in [0, 0.05) is 47.9 Å². The number of nitrogens with zero attached hydrogens (tertiary/aromatic N) is 3. The highest BCUT2D eigenvalue weighted by Gasteiger charge is 2.31. The van der Waals surface area contributed by atoms with Crippen molar-refractivity contribution in [2.75, 3.05) is 47.2 Å². The number of alkyl halides is 3. The predicted molar refractivity (Wildman–Crippen MR) is 143 cm³/mol. The molecule has 3 aromatic carbocycles. The molecule has 208 valence electrons. The third-order valence-electron chi connectivity index (χ3n) is 6.23. The highest BCUT2D eigenvalue weighted by atomic mass is 19.4. The van der Waals surface area contributed by atoms with Crippen LogP contribution in [0.25, 0.3) is 0 Å². The van der Waals surface area contributed by atoms with E-state index in [0.29, 0.717) is 30.7 Å². The fourth-order valence-electron chi connectivity index (χ4n) is 4.13. The second-order valence-electron chi connectivity index (χ2n) is 9.02. The molecule has 0 bridgehead atoms. The molecule has 7 nitrogen and oxygen atoms in total. The van der Waals surface area contributed by atoms with E-state index >= 15 is 0 Å². The molecule has 0 spiro atoms. The summed E-state index contributed by atoms with van der Waals surface area (Å²) >= 11 is 0.